The van der Waals surface area contributed by atoms with E-state index in [-0.39, 0.29) is 0 Å². The number of halogens is 2. The van der Waals surface area contributed by atoms with Crippen molar-refractivity contribution < 1.29 is 9.52 Å². The highest BCUT2D eigenvalue weighted by Crippen LogP contribution is 2.32. The standard InChI is InChI=1S/C8H5Br2NO2S/c9-4-3-6(13-8(4)10)7(12)5-1-2-14-11-5/h1-3,7,12H. The fraction of sp³-hybridized carbons (Fsp3) is 0.125. The Balaban J connectivity index is 2.32. The monoisotopic (exact) mass is 337 g/mol. The molecule has 0 aliphatic carbocycles. The molecule has 0 bridgehead atoms. The van der Waals surface area contributed by atoms with Gasteiger partial charge in [0.1, 0.15) is 5.76 Å². The van der Waals surface area contributed by atoms with Crippen molar-refractivity contribution in [2.45, 2.75) is 6.10 Å². The minimum Gasteiger partial charge on any atom is -0.450 e. The van der Waals surface area contributed by atoms with E-state index in [0.29, 0.717) is 16.1 Å². The number of hydrogen-bond acceptors (Lipinski definition) is 4. The minimum absolute atomic E-state index is 0.467. The van der Waals surface area contributed by atoms with Crippen molar-refractivity contribution in [3.63, 3.8) is 0 Å². The number of rotatable bonds is 2. The molecule has 0 radical (unpaired) electrons. The van der Waals surface area contributed by atoms with Crippen LogP contribution in [0.25, 0.3) is 0 Å². The van der Waals surface area contributed by atoms with E-state index in [1.54, 1.807) is 12.1 Å². The highest BCUT2D eigenvalue weighted by Gasteiger charge is 2.18. The van der Waals surface area contributed by atoms with Gasteiger partial charge < -0.3 is 9.52 Å². The lowest BCUT2D eigenvalue weighted by Gasteiger charge is -2.02. The van der Waals surface area contributed by atoms with E-state index in [9.17, 15) is 5.11 Å². The first-order valence-electron chi connectivity index (χ1n) is 3.71. The Morgan fingerprint density at radius 2 is 2.29 bits per heavy atom. The van der Waals surface area contributed by atoms with Crippen molar-refractivity contribution in [1.29, 1.82) is 0 Å². The zero-order chi connectivity index (χ0) is 10.1. The molecule has 1 unspecified atom stereocenters. The molecule has 0 amide bonds. The fourth-order valence-electron chi connectivity index (χ4n) is 1.01. The number of aromatic nitrogens is 1. The summed E-state index contributed by atoms with van der Waals surface area (Å²) in [6.07, 6.45) is -0.802. The fourth-order valence-corrected chi connectivity index (χ4v) is 2.16. The van der Waals surface area contributed by atoms with Gasteiger partial charge in [0, 0.05) is 5.38 Å². The lowest BCUT2D eigenvalue weighted by Crippen LogP contribution is -1.97. The van der Waals surface area contributed by atoms with Crippen LogP contribution in [0.5, 0.6) is 0 Å². The van der Waals surface area contributed by atoms with Crippen molar-refractivity contribution in [3.05, 3.63) is 38.1 Å². The van der Waals surface area contributed by atoms with Crippen LogP contribution in [-0.2, 0) is 0 Å². The van der Waals surface area contributed by atoms with Crippen molar-refractivity contribution in [2.24, 2.45) is 0 Å². The van der Waals surface area contributed by atoms with Crippen LogP contribution >= 0.6 is 43.4 Å². The molecule has 6 heteroatoms. The van der Waals surface area contributed by atoms with Gasteiger partial charge in [-0.2, -0.15) is 4.37 Å². The molecule has 2 aromatic heterocycles. The number of furan rings is 1. The zero-order valence-electron chi connectivity index (χ0n) is 6.78. The average Bonchev–Trinajstić information content (AvgIpc) is 2.76. The summed E-state index contributed by atoms with van der Waals surface area (Å²) < 4.78 is 10.7. The molecular formula is C8H5Br2NO2S. The summed E-state index contributed by atoms with van der Waals surface area (Å²) in [5.41, 5.74) is 0.601. The van der Waals surface area contributed by atoms with Crippen LogP contribution in [0.2, 0.25) is 0 Å². The van der Waals surface area contributed by atoms with Gasteiger partial charge in [0.25, 0.3) is 0 Å². The van der Waals surface area contributed by atoms with Crippen molar-refractivity contribution in [3.8, 4) is 0 Å². The van der Waals surface area contributed by atoms with E-state index >= 15 is 0 Å². The minimum atomic E-state index is -0.802. The third-order valence-electron chi connectivity index (χ3n) is 1.67. The van der Waals surface area contributed by atoms with Crippen molar-refractivity contribution in [2.75, 3.05) is 0 Å². The lowest BCUT2D eigenvalue weighted by molar-refractivity contribution is 0.184. The molecular weight excluding hydrogens is 334 g/mol. The second-order valence-electron chi connectivity index (χ2n) is 2.60. The molecule has 1 N–H and O–H groups in total. The summed E-state index contributed by atoms with van der Waals surface area (Å²) in [6, 6.07) is 3.48. The normalized spacial score (nSPS) is 13.1. The van der Waals surface area contributed by atoms with Crippen LogP contribution in [0.3, 0.4) is 0 Å². The highest BCUT2D eigenvalue weighted by atomic mass is 79.9. The summed E-state index contributed by atoms with van der Waals surface area (Å²) >= 11 is 7.78. The molecule has 2 heterocycles. The third-order valence-corrected chi connectivity index (χ3v) is 3.96. The highest BCUT2D eigenvalue weighted by molar-refractivity contribution is 9.13. The number of aliphatic hydroxyl groups is 1. The van der Waals surface area contributed by atoms with Crippen LogP contribution in [0.4, 0.5) is 0 Å². The van der Waals surface area contributed by atoms with Gasteiger partial charge in [-0.3, -0.25) is 0 Å². The van der Waals surface area contributed by atoms with Gasteiger partial charge in [0.2, 0.25) is 0 Å². The summed E-state index contributed by atoms with van der Waals surface area (Å²) in [7, 11) is 0. The first-order valence-corrected chi connectivity index (χ1v) is 6.14. The molecule has 2 rings (SSSR count). The van der Waals surface area contributed by atoms with Crippen LogP contribution < -0.4 is 0 Å². The smallest absolute Gasteiger partial charge is 0.183 e. The molecule has 74 valence electrons. The van der Waals surface area contributed by atoms with Gasteiger partial charge in [0.05, 0.1) is 10.2 Å². The van der Waals surface area contributed by atoms with Crippen molar-refractivity contribution in [1.82, 2.24) is 4.37 Å². The Morgan fingerprint density at radius 3 is 2.79 bits per heavy atom. The van der Waals surface area contributed by atoms with Gasteiger partial charge in [-0.15, -0.1) is 0 Å². The predicted molar refractivity (Wildman–Crippen MR) is 60.3 cm³/mol. The van der Waals surface area contributed by atoms with Gasteiger partial charge in [0.15, 0.2) is 10.8 Å². The molecule has 0 aromatic carbocycles. The number of hydrogen-bond donors (Lipinski definition) is 1. The third kappa shape index (κ3) is 1.93. The number of nitrogens with zero attached hydrogens (tertiary/aromatic N) is 1. The first kappa shape index (κ1) is 10.4. The molecule has 0 saturated heterocycles. The Kier molecular flexibility index (Phi) is 3.06. The molecule has 2 aromatic rings. The maximum absolute atomic E-state index is 9.83. The molecule has 0 aliphatic rings. The predicted octanol–water partition coefficient (Wildman–Crippen LogP) is 3.34. The van der Waals surface area contributed by atoms with Gasteiger partial charge in [-0.25, -0.2) is 0 Å². The molecule has 0 saturated carbocycles. The average molecular weight is 339 g/mol. The molecule has 3 nitrogen and oxygen atoms in total. The first-order chi connectivity index (χ1) is 6.68. The van der Waals surface area contributed by atoms with Gasteiger partial charge >= 0.3 is 0 Å². The molecule has 0 aliphatic heterocycles. The largest absolute Gasteiger partial charge is 0.450 e. The van der Waals surface area contributed by atoms with Gasteiger partial charge in [-0.05, 0) is 55.5 Å². The summed E-state index contributed by atoms with van der Waals surface area (Å²) in [5.74, 6) is 0.467. The lowest BCUT2D eigenvalue weighted by atomic mass is 10.2. The Morgan fingerprint density at radius 1 is 1.50 bits per heavy atom. The van der Waals surface area contributed by atoms with Crippen LogP contribution in [0.15, 0.2) is 31.1 Å². The summed E-state index contributed by atoms with van der Waals surface area (Å²) in [4.78, 5) is 0. The Hall–Kier alpha value is -0.170. The quantitative estimate of drug-likeness (QED) is 0.913. The second-order valence-corrected chi connectivity index (χ2v) is 4.84. The van der Waals surface area contributed by atoms with Crippen molar-refractivity contribution >= 4 is 43.4 Å². The molecule has 0 spiro atoms. The Bertz CT molecular complexity index is 407. The van der Waals surface area contributed by atoms with Gasteiger partial charge in [-0.1, -0.05) is 0 Å². The number of aliphatic hydroxyl groups excluding tert-OH is 1. The maximum Gasteiger partial charge on any atom is 0.183 e. The van der Waals surface area contributed by atoms with E-state index in [2.05, 4.69) is 36.2 Å². The maximum atomic E-state index is 9.83. The second kappa shape index (κ2) is 4.14. The van der Waals surface area contributed by atoms with E-state index in [0.717, 1.165) is 4.47 Å². The van der Waals surface area contributed by atoms with Crippen LogP contribution in [0, 0.1) is 0 Å². The van der Waals surface area contributed by atoms with E-state index < -0.39 is 6.10 Å². The molecule has 1 atom stereocenters. The SMILES string of the molecule is OC(c1ccsn1)c1cc(Br)c(Br)o1. The van der Waals surface area contributed by atoms with E-state index in [1.165, 1.54) is 11.5 Å². The topological polar surface area (TPSA) is 46.3 Å². The summed E-state index contributed by atoms with van der Waals surface area (Å²) in [6.45, 7) is 0. The zero-order valence-corrected chi connectivity index (χ0v) is 10.8. The summed E-state index contributed by atoms with van der Waals surface area (Å²) in [5, 5.41) is 11.6. The van der Waals surface area contributed by atoms with E-state index in [1.807, 2.05) is 5.38 Å². The van der Waals surface area contributed by atoms with Crippen LogP contribution in [0.1, 0.15) is 17.6 Å². The Labute approximate surface area is 101 Å². The molecule has 0 fully saturated rings. The van der Waals surface area contributed by atoms with Crippen LogP contribution in [-0.4, -0.2) is 9.48 Å². The molecule has 14 heavy (non-hydrogen) atoms. The van der Waals surface area contributed by atoms with E-state index in [4.69, 9.17) is 4.42 Å².